The summed E-state index contributed by atoms with van der Waals surface area (Å²) in [6.07, 6.45) is 5.49. The molecule has 1 amide bonds. The summed E-state index contributed by atoms with van der Waals surface area (Å²) in [5, 5.41) is 0. The van der Waals surface area contributed by atoms with E-state index in [0.29, 0.717) is 38.2 Å². The predicted octanol–water partition coefficient (Wildman–Crippen LogP) is 0.133. The van der Waals surface area contributed by atoms with E-state index in [0.717, 1.165) is 0 Å². The third kappa shape index (κ3) is 3.36. The van der Waals surface area contributed by atoms with Gasteiger partial charge in [0.15, 0.2) is 0 Å². The van der Waals surface area contributed by atoms with Crippen LogP contribution in [0.2, 0.25) is 0 Å². The van der Waals surface area contributed by atoms with Crippen LogP contribution in [0.1, 0.15) is 16.8 Å². The quantitative estimate of drug-likeness (QED) is 0.776. The topological polar surface area (TPSA) is 62.6 Å². The van der Waals surface area contributed by atoms with Crippen molar-refractivity contribution in [1.82, 2.24) is 13.8 Å². The average molecular weight is 285 g/mol. The number of hydrogen-bond acceptors (Lipinski definition) is 3. The summed E-state index contributed by atoms with van der Waals surface area (Å²) in [7, 11) is -1.30. The van der Waals surface area contributed by atoms with Gasteiger partial charge in [0.1, 0.15) is 0 Å². The molecule has 0 unspecified atom stereocenters. The summed E-state index contributed by atoms with van der Waals surface area (Å²) in [4.78, 5) is 14.0. The zero-order valence-corrected chi connectivity index (χ0v) is 12.1. The normalized spacial score (nSPS) is 18.3. The molecular formula is C12H19N3O3S. The van der Waals surface area contributed by atoms with Crippen molar-refractivity contribution in [3.63, 3.8) is 0 Å². The van der Waals surface area contributed by atoms with Crippen LogP contribution in [-0.2, 0) is 17.1 Å². The van der Waals surface area contributed by atoms with Crippen molar-refractivity contribution in [3.8, 4) is 0 Å². The first-order chi connectivity index (χ1) is 8.88. The Morgan fingerprint density at radius 2 is 1.95 bits per heavy atom. The number of carbonyl (C=O) groups is 1. The molecule has 106 valence electrons. The molecule has 1 aromatic rings. The minimum atomic E-state index is -3.17. The van der Waals surface area contributed by atoms with E-state index < -0.39 is 10.0 Å². The van der Waals surface area contributed by atoms with E-state index in [9.17, 15) is 13.2 Å². The molecule has 7 heteroatoms. The number of aromatic nitrogens is 1. The van der Waals surface area contributed by atoms with Gasteiger partial charge >= 0.3 is 0 Å². The molecule has 6 nitrogen and oxygen atoms in total. The fourth-order valence-corrected chi connectivity index (χ4v) is 3.11. The number of nitrogens with zero attached hydrogens (tertiary/aromatic N) is 3. The third-order valence-corrected chi connectivity index (χ3v) is 4.59. The molecule has 0 aliphatic carbocycles. The molecule has 1 aliphatic rings. The zero-order chi connectivity index (χ0) is 14.0. The van der Waals surface area contributed by atoms with Gasteiger partial charge in [-0.2, -0.15) is 0 Å². The second kappa shape index (κ2) is 5.34. The first-order valence-electron chi connectivity index (χ1n) is 6.24. The number of aryl methyl sites for hydroxylation is 1. The van der Waals surface area contributed by atoms with Crippen LogP contribution in [0.15, 0.2) is 18.5 Å². The van der Waals surface area contributed by atoms with Gasteiger partial charge in [-0.05, 0) is 12.5 Å². The van der Waals surface area contributed by atoms with Crippen LogP contribution in [0.25, 0.3) is 0 Å². The molecule has 0 radical (unpaired) electrons. The average Bonchev–Trinajstić information content (AvgIpc) is 2.62. The monoisotopic (exact) mass is 285 g/mol. The smallest absolute Gasteiger partial charge is 0.255 e. The second-order valence-corrected chi connectivity index (χ2v) is 6.86. The number of sulfonamides is 1. The van der Waals surface area contributed by atoms with Crippen LogP contribution in [-0.4, -0.2) is 60.5 Å². The maximum absolute atomic E-state index is 12.3. The van der Waals surface area contributed by atoms with Crippen LogP contribution in [0.5, 0.6) is 0 Å². The lowest BCUT2D eigenvalue weighted by atomic mass is 10.3. The zero-order valence-electron chi connectivity index (χ0n) is 11.2. The number of amides is 1. The van der Waals surface area contributed by atoms with Crippen molar-refractivity contribution in [2.75, 3.05) is 32.4 Å². The van der Waals surface area contributed by atoms with Crippen molar-refractivity contribution in [1.29, 1.82) is 0 Å². The van der Waals surface area contributed by atoms with Gasteiger partial charge in [-0.15, -0.1) is 0 Å². The molecule has 0 bridgehead atoms. The fraction of sp³-hybridized carbons (Fsp3) is 0.583. The molecule has 0 N–H and O–H groups in total. The van der Waals surface area contributed by atoms with Gasteiger partial charge in [0.2, 0.25) is 10.0 Å². The Labute approximate surface area is 113 Å². The lowest BCUT2D eigenvalue weighted by Gasteiger charge is -2.20. The lowest BCUT2D eigenvalue weighted by Crippen LogP contribution is -2.36. The summed E-state index contributed by atoms with van der Waals surface area (Å²) < 4.78 is 26.3. The molecule has 2 heterocycles. The van der Waals surface area contributed by atoms with Gasteiger partial charge in [-0.1, -0.05) is 0 Å². The second-order valence-electron chi connectivity index (χ2n) is 4.87. The molecule has 1 aliphatic heterocycles. The van der Waals surface area contributed by atoms with Gasteiger partial charge in [0, 0.05) is 45.6 Å². The van der Waals surface area contributed by atoms with Crippen molar-refractivity contribution in [2.24, 2.45) is 7.05 Å². The summed E-state index contributed by atoms with van der Waals surface area (Å²) in [5.41, 5.74) is 0.648. The first-order valence-corrected chi connectivity index (χ1v) is 8.09. The predicted molar refractivity (Wildman–Crippen MR) is 72.4 cm³/mol. The molecule has 0 atom stereocenters. The Morgan fingerprint density at radius 1 is 1.21 bits per heavy atom. The Morgan fingerprint density at radius 3 is 2.53 bits per heavy atom. The minimum absolute atomic E-state index is 0.0315. The van der Waals surface area contributed by atoms with Crippen molar-refractivity contribution >= 4 is 15.9 Å². The summed E-state index contributed by atoms with van der Waals surface area (Å²) in [5.74, 6) is -0.0315. The highest BCUT2D eigenvalue weighted by Crippen LogP contribution is 2.11. The van der Waals surface area contributed by atoms with E-state index in [1.165, 1.54) is 10.6 Å². The van der Waals surface area contributed by atoms with Crippen LogP contribution < -0.4 is 0 Å². The van der Waals surface area contributed by atoms with Crippen LogP contribution in [0.4, 0.5) is 0 Å². The third-order valence-electron chi connectivity index (χ3n) is 3.29. The molecule has 1 aromatic heterocycles. The molecule has 2 rings (SSSR count). The number of rotatable bonds is 2. The van der Waals surface area contributed by atoms with E-state index in [4.69, 9.17) is 0 Å². The minimum Gasteiger partial charge on any atom is -0.356 e. The summed E-state index contributed by atoms with van der Waals surface area (Å²) >= 11 is 0. The van der Waals surface area contributed by atoms with Crippen molar-refractivity contribution in [3.05, 3.63) is 24.0 Å². The maximum Gasteiger partial charge on any atom is 0.255 e. The van der Waals surface area contributed by atoms with Gasteiger partial charge in [0.05, 0.1) is 11.8 Å². The van der Waals surface area contributed by atoms with E-state index >= 15 is 0 Å². The standard InChI is InChI=1S/C12H19N3O3S/c1-13-7-4-11(10-13)12(16)14-5-3-6-15(9-8-14)19(2,17)18/h4,7,10H,3,5-6,8-9H2,1-2H3. The van der Waals surface area contributed by atoms with Crippen LogP contribution in [0, 0.1) is 0 Å². The fourth-order valence-electron chi connectivity index (χ4n) is 2.24. The SMILES string of the molecule is Cn1ccc(C(=O)N2CCCN(S(C)(=O)=O)CC2)c1. The Balaban J connectivity index is 2.05. The molecule has 0 saturated carbocycles. The summed E-state index contributed by atoms with van der Waals surface area (Å²) in [6, 6.07) is 1.78. The molecule has 1 fully saturated rings. The number of carbonyl (C=O) groups excluding carboxylic acids is 1. The Kier molecular flexibility index (Phi) is 3.96. The van der Waals surface area contributed by atoms with Crippen LogP contribution >= 0.6 is 0 Å². The highest BCUT2D eigenvalue weighted by atomic mass is 32.2. The van der Waals surface area contributed by atoms with E-state index in [1.807, 2.05) is 17.8 Å². The van der Waals surface area contributed by atoms with Crippen LogP contribution in [0.3, 0.4) is 0 Å². The molecule has 0 spiro atoms. The van der Waals surface area contributed by atoms with Crippen molar-refractivity contribution in [2.45, 2.75) is 6.42 Å². The van der Waals surface area contributed by atoms with E-state index in [-0.39, 0.29) is 5.91 Å². The molecule has 1 saturated heterocycles. The van der Waals surface area contributed by atoms with E-state index in [2.05, 4.69) is 0 Å². The molecular weight excluding hydrogens is 266 g/mol. The highest BCUT2D eigenvalue weighted by Gasteiger charge is 2.24. The van der Waals surface area contributed by atoms with Gasteiger partial charge < -0.3 is 9.47 Å². The van der Waals surface area contributed by atoms with Crippen molar-refractivity contribution < 1.29 is 13.2 Å². The Bertz CT molecular complexity index is 565. The van der Waals surface area contributed by atoms with E-state index in [1.54, 1.807) is 17.2 Å². The highest BCUT2D eigenvalue weighted by molar-refractivity contribution is 7.88. The molecule has 0 aromatic carbocycles. The first kappa shape index (κ1) is 14.1. The number of hydrogen-bond donors (Lipinski definition) is 0. The summed E-state index contributed by atoms with van der Waals surface area (Å²) in [6.45, 7) is 1.90. The van der Waals surface area contributed by atoms with Gasteiger partial charge in [-0.3, -0.25) is 4.79 Å². The largest absolute Gasteiger partial charge is 0.356 e. The van der Waals surface area contributed by atoms with Gasteiger partial charge in [0.25, 0.3) is 5.91 Å². The lowest BCUT2D eigenvalue weighted by molar-refractivity contribution is 0.0764. The Hall–Kier alpha value is -1.34. The maximum atomic E-state index is 12.3. The molecule has 19 heavy (non-hydrogen) atoms. The van der Waals surface area contributed by atoms with Gasteiger partial charge in [-0.25, -0.2) is 12.7 Å².